The fraction of sp³-hybridized carbons (Fsp3) is 0.412. The highest BCUT2D eigenvalue weighted by molar-refractivity contribution is 5.93. The normalized spacial score (nSPS) is 17.2. The van der Waals surface area contributed by atoms with Crippen LogP contribution in [0.3, 0.4) is 0 Å². The Morgan fingerprint density at radius 3 is 2.80 bits per heavy atom. The Morgan fingerprint density at radius 2 is 2.08 bits per heavy atom. The van der Waals surface area contributed by atoms with Crippen LogP contribution in [0.4, 0.5) is 16.4 Å². The molecule has 2 aromatic rings. The summed E-state index contributed by atoms with van der Waals surface area (Å²) >= 11 is 0. The summed E-state index contributed by atoms with van der Waals surface area (Å²) in [6.45, 7) is 2.98. The zero-order valence-electron chi connectivity index (χ0n) is 14.2. The number of urea groups is 1. The van der Waals surface area contributed by atoms with Crippen LogP contribution in [0, 0.1) is 5.92 Å². The van der Waals surface area contributed by atoms with Crippen molar-refractivity contribution in [2.75, 3.05) is 23.7 Å². The van der Waals surface area contributed by atoms with Crippen molar-refractivity contribution < 1.29 is 9.59 Å². The summed E-state index contributed by atoms with van der Waals surface area (Å²) in [5.41, 5.74) is 0.742. The number of piperidine rings is 1. The third-order valence-electron chi connectivity index (χ3n) is 4.21. The highest BCUT2D eigenvalue weighted by atomic mass is 16.2. The molecule has 1 aromatic carbocycles. The topological polar surface area (TPSA) is 103 Å². The van der Waals surface area contributed by atoms with Gasteiger partial charge in [-0.3, -0.25) is 15.2 Å². The molecule has 3 rings (SSSR count). The van der Waals surface area contributed by atoms with E-state index in [0.717, 1.165) is 30.8 Å². The summed E-state index contributed by atoms with van der Waals surface area (Å²) in [5.74, 6) is 0.591. The molecule has 0 bridgehead atoms. The lowest BCUT2D eigenvalue weighted by molar-refractivity contribution is -0.121. The number of hydrogen-bond acceptors (Lipinski definition) is 4. The van der Waals surface area contributed by atoms with Gasteiger partial charge in [-0.25, -0.2) is 4.79 Å². The SMILES string of the molecule is CCc1nc(NC(=O)[C@H]2CCCN(C(=O)Nc3ccccc3)C2)n[nH]1. The summed E-state index contributed by atoms with van der Waals surface area (Å²) in [6.07, 6.45) is 2.25. The number of para-hydroxylation sites is 1. The van der Waals surface area contributed by atoms with E-state index in [0.29, 0.717) is 13.1 Å². The lowest BCUT2D eigenvalue weighted by atomic mass is 9.97. The number of likely N-dealkylation sites (tertiary alicyclic amines) is 1. The van der Waals surface area contributed by atoms with E-state index in [4.69, 9.17) is 0 Å². The number of aromatic amines is 1. The summed E-state index contributed by atoms with van der Waals surface area (Å²) in [5, 5.41) is 12.3. The number of aromatic nitrogens is 3. The molecule has 1 aliphatic rings. The molecule has 0 saturated carbocycles. The van der Waals surface area contributed by atoms with Crippen LogP contribution in [-0.2, 0) is 11.2 Å². The predicted molar refractivity (Wildman–Crippen MR) is 94.1 cm³/mol. The quantitative estimate of drug-likeness (QED) is 0.793. The van der Waals surface area contributed by atoms with Crippen LogP contribution in [0.1, 0.15) is 25.6 Å². The molecule has 0 radical (unpaired) electrons. The van der Waals surface area contributed by atoms with Gasteiger partial charge in [-0.15, -0.1) is 5.10 Å². The number of anilines is 2. The molecular weight excluding hydrogens is 320 g/mol. The second-order valence-corrected chi connectivity index (χ2v) is 6.03. The minimum atomic E-state index is -0.265. The molecule has 3 N–H and O–H groups in total. The number of hydrogen-bond donors (Lipinski definition) is 3. The Balaban J connectivity index is 1.56. The number of H-pyrrole nitrogens is 1. The number of carbonyl (C=O) groups is 2. The van der Waals surface area contributed by atoms with Crippen LogP contribution in [0.15, 0.2) is 30.3 Å². The summed E-state index contributed by atoms with van der Waals surface area (Å²) in [7, 11) is 0. The summed E-state index contributed by atoms with van der Waals surface area (Å²) in [4.78, 5) is 30.7. The van der Waals surface area contributed by atoms with Crippen molar-refractivity contribution in [2.24, 2.45) is 5.92 Å². The molecule has 1 saturated heterocycles. The van der Waals surface area contributed by atoms with Crippen LogP contribution < -0.4 is 10.6 Å². The lowest BCUT2D eigenvalue weighted by Crippen LogP contribution is -2.45. The predicted octanol–water partition coefficient (Wildman–Crippen LogP) is 2.25. The van der Waals surface area contributed by atoms with Crippen molar-refractivity contribution in [3.8, 4) is 0 Å². The van der Waals surface area contributed by atoms with E-state index in [9.17, 15) is 9.59 Å². The molecule has 0 unspecified atom stereocenters. The van der Waals surface area contributed by atoms with E-state index < -0.39 is 0 Å². The Kier molecular flexibility index (Phi) is 5.27. The first-order valence-electron chi connectivity index (χ1n) is 8.49. The molecule has 132 valence electrons. The second kappa shape index (κ2) is 7.78. The molecule has 0 aliphatic carbocycles. The molecule has 1 fully saturated rings. The zero-order valence-corrected chi connectivity index (χ0v) is 14.2. The maximum absolute atomic E-state index is 12.4. The van der Waals surface area contributed by atoms with Gasteiger partial charge in [0.25, 0.3) is 0 Å². The van der Waals surface area contributed by atoms with Crippen molar-refractivity contribution in [3.63, 3.8) is 0 Å². The van der Waals surface area contributed by atoms with E-state index in [1.54, 1.807) is 4.90 Å². The molecular formula is C17H22N6O2. The smallest absolute Gasteiger partial charge is 0.321 e. The Morgan fingerprint density at radius 1 is 1.28 bits per heavy atom. The standard InChI is InChI=1S/C17H22N6O2/c1-2-14-19-16(22-21-14)20-15(24)12-7-6-10-23(11-12)17(25)18-13-8-4-3-5-9-13/h3-5,8-9,12H,2,6-7,10-11H2,1H3,(H,18,25)(H2,19,20,21,22,24)/t12-/m0/s1. The third kappa shape index (κ3) is 4.34. The molecule has 1 aliphatic heterocycles. The van der Waals surface area contributed by atoms with Gasteiger partial charge in [0.05, 0.1) is 5.92 Å². The highest BCUT2D eigenvalue weighted by Crippen LogP contribution is 2.19. The van der Waals surface area contributed by atoms with Crippen LogP contribution in [0.25, 0.3) is 0 Å². The van der Waals surface area contributed by atoms with Crippen LogP contribution in [0.2, 0.25) is 0 Å². The molecule has 8 heteroatoms. The van der Waals surface area contributed by atoms with Gasteiger partial charge < -0.3 is 10.2 Å². The largest absolute Gasteiger partial charge is 0.324 e. The van der Waals surface area contributed by atoms with E-state index >= 15 is 0 Å². The van der Waals surface area contributed by atoms with Crippen molar-refractivity contribution >= 4 is 23.6 Å². The molecule has 1 atom stereocenters. The number of nitrogens with zero attached hydrogens (tertiary/aromatic N) is 3. The molecule has 1 aromatic heterocycles. The Hall–Kier alpha value is -2.90. The van der Waals surface area contributed by atoms with Gasteiger partial charge in [-0.05, 0) is 25.0 Å². The number of nitrogens with one attached hydrogen (secondary N) is 3. The Labute approximate surface area is 146 Å². The number of benzene rings is 1. The first-order chi connectivity index (χ1) is 12.2. The highest BCUT2D eigenvalue weighted by Gasteiger charge is 2.29. The number of aryl methyl sites for hydroxylation is 1. The van der Waals surface area contributed by atoms with Crippen LogP contribution in [-0.4, -0.2) is 45.1 Å². The van der Waals surface area contributed by atoms with E-state index in [1.165, 1.54) is 0 Å². The summed E-state index contributed by atoms with van der Waals surface area (Å²) in [6, 6.07) is 9.10. The average Bonchev–Trinajstić information content (AvgIpc) is 3.10. The number of rotatable bonds is 4. The first-order valence-corrected chi connectivity index (χ1v) is 8.49. The van der Waals surface area contributed by atoms with E-state index in [2.05, 4.69) is 25.8 Å². The second-order valence-electron chi connectivity index (χ2n) is 6.03. The van der Waals surface area contributed by atoms with Crippen molar-refractivity contribution in [1.82, 2.24) is 20.1 Å². The third-order valence-corrected chi connectivity index (χ3v) is 4.21. The fourth-order valence-corrected chi connectivity index (χ4v) is 2.82. The average molecular weight is 342 g/mol. The van der Waals surface area contributed by atoms with Crippen molar-refractivity contribution in [2.45, 2.75) is 26.2 Å². The van der Waals surface area contributed by atoms with Gasteiger partial charge in [0.2, 0.25) is 11.9 Å². The van der Waals surface area contributed by atoms with Gasteiger partial charge in [0.1, 0.15) is 5.82 Å². The van der Waals surface area contributed by atoms with Gasteiger partial charge in [-0.2, -0.15) is 4.98 Å². The molecule has 8 nitrogen and oxygen atoms in total. The van der Waals surface area contributed by atoms with Gasteiger partial charge >= 0.3 is 6.03 Å². The summed E-state index contributed by atoms with van der Waals surface area (Å²) < 4.78 is 0. The Bertz CT molecular complexity index is 730. The maximum Gasteiger partial charge on any atom is 0.321 e. The first kappa shape index (κ1) is 16.9. The lowest BCUT2D eigenvalue weighted by Gasteiger charge is -2.31. The van der Waals surface area contributed by atoms with E-state index in [-0.39, 0.29) is 23.8 Å². The number of amides is 3. The maximum atomic E-state index is 12.4. The zero-order chi connectivity index (χ0) is 17.6. The monoisotopic (exact) mass is 342 g/mol. The molecule has 0 spiro atoms. The van der Waals surface area contributed by atoms with Gasteiger partial charge in [0.15, 0.2) is 0 Å². The molecule has 25 heavy (non-hydrogen) atoms. The van der Waals surface area contributed by atoms with Gasteiger partial charge in [0, 0.05) is 25.2 Å². The molecule has 2 heterocycles. The fourth-order valence-electron chi connectivity index (χ4n) is 2.82. The number of carbonyl (C=O) groups excluding carboxylic acids is 2. The van der Waals surface area contributed by atoms with Gasteiger partial charge in [-0.1, -0.05) is 25.1 Å². The minimum absolute atomic E-state index is 0.154. The van der Waals surface area contributed by atoms with Crippen molar-refractivity contribution in [3.05, 3.63) is 36.2 Å². The van der Waals surface area contributed by atoms with Crippen molar-refractivity contribution in [1.29, 1.82) is 0 Å². The molecule has 3 amide bonds. The van der Waals surface area contributed by atoms with Crippen LogP contribution >= 0.6 is 0 Å². The van der Waals surface area contributed by atoms with Crippen LogP contribution in [0.5, 0.6) is 0 Å². The van der Waals surface area contributed by atoms with E-state index in [1.807, 2.05) is 37.3 Å². The minimum Gasteiger partial charge on any atom is -0.324 e.